The van der Waals surface area contributed by atoms with Gasteiger partial charge in [-0.3, -0.25) is 0 Å². The van der Waals surface area contributed by atoms with Crippen molar-refractivity contribution in [3.05, 3.63) is 70.0 Å². The summed E-state index contributed by atoms with van der Waals surface area (Å²) in [7, 11) is 0. The summed E-state index contributed by atoms with van der Waals surface area (Å²) in [5.74, 6) is -2.46. The summed E-state index contributed by atoms with van der Waals surface area (Å²) in [5, 5.41) is -0.744. The predicted molar refractivity (Wildman–Crippen MR) is 65.5 cm³/mol. The normalized spacial score (nSPS) is 12.5. The fourth-order valence-electron chi connectivity index (χ4n) is 1.54. The highest BCUT2D eigenvalue weighted by Gasteiger charge is 2.17. The summed E-state index contributed by atoms with van der Waals surface area (Å²) in [6.07, 6.45) is 0. The smallest absolute Gasteiger partial charge is 0.160 e. The lowest BCUT2D eigenvalue weighted by Crippen LogP contribution is -1.97. The molecule has 0 aliphatic heterocycles. The van der Waals surface area contributed by atoms with Crippen molar-refractivity contribution in [1.29, 1.82) is 0 Å². The van der Waals surface area contributed by atoms with E-state index in [2.05, 4.69) is 0 Å². The fourth-order valence-corrected chi connectivity index (χ4v) is 2.18. The van der Waals surface area contributed by atoms with Crippen LogP contribution in [0.25, 0.3) is 0 Å². The van der Waals surface area contributed by atoms with Gasteiger partial charge in [-0.2, -0.15) is 0 Å². The molecule has 0 spiro atoms. The lowest BCUT2D eigenvalue weighted by molar-refractivity contribution is 0.507. The molecule has 0 aromatic heterocycles. The minimum Gasteiger partial charge on any atom is -0.207 e. The van der Waals surface area contributed by atoms with E-state index in [1.807, 2.05) is 0 Å². The summed E-state index contributed by atoms with van der Waals surface area (Å²) in [5.41, 5.74) is 0.787. The summed E-state index contributed by atoms with van der Waals surface area (Å²) >= 11 is 11.9. The van der Waals surface area contributed by atoms with Crippen molar-refractivity contribution in [2.75, 3.05) is 0 Å². The molecule has 0 nitrogen and oxygen atoms in total. The van der Waals surface area contributed by atoms with E-state index >= 15 is 0 Å². The predicted octanol–water partition coefficient (Wildman–Crippen LogP) is 5.09. The molecule has 5 heteroatoms. The van der Waals surface area contributed by atoms with E-state index in [1.54, 1.807) is 0 Å². The molecule has 2 aromatic carbocycles. The van der Waals surface area contributed by atoms with Gasteiger partial charge in [0, 0.05) is 5.02 Å². The van der Waals surface area contributed by atoms with Crippen molar-refractivity contribution in [3.63, 3.8) is 0 Å². The van der Waals surface area contributed by atoms with E-state index in [4.69, 9.17) is 23.2 Å². The van der Waals surface area contributed by atoms with E-state index in [0.717, 1.165) is 12.1 Å². The van der Waals surface area contributed by atoms with Gasteiger partial charge >= 0.3 is 0 Å². The topological polar surface area (TPSA) is 0 Å². The Morgan fingerprint density at radius 3 is 2.06 bits per heavy atom. The Morgan fingerprint density at radius 2 is 1.44 bits per heavy atom. The van der Waals surface area contributed by atoms with Crippen LogP contribution >= 0.6 is 23.2 Å². The number of hydrogen-bond acceptors (Lipinski definition) is 0. The van der Waals surface area contributed by atoms with Crippen molar-refractivity contribution in [2.24, 2.45) is 0 Å². The van der Waals surface area contributed by atoms with Gasteiger partial charge in [0.25, 0.3) is 0 Å². The quantitative estimate of drug-likeness (QED) is 0.534. The van der Waals surface area contributed by atoms with Crippen LogP contribution in [0.5, 0.6) is 0 Å². The van der Waals surface area contributed by atoms with Crippen LogP contribution in [0, 0.1) is 17.5 Å². The Labute approximate surface area is 112 Å². The first-order valence-corrected chi connectivity index (χ1v) is 5.84. The first-order chi connectivity index (χ1) is 8.49. The molecule has 0 bridgehead atoms. The molecular formula is C13H7Cl2F3. The molecule has 0 N–H and O–H groups in total. The van der Waals surface area contributed by atoms with Crippen LogP contribution in [0.2, 0.25) is 5.02 Å². The first kappa shape index (κ1) is 13.2. The van der Waals surface area contributed by atoms with E-state index in [0.29, 0.717) is 5.56 Å². The third-order valence-electron chi connectivity index (χ3n) is 2.48. The Morgan fingerprint density at radius 1 is 0.889 bits per heavy atom. The largest absolute Gasteiger partial charge is 0.207 e. The van der Waals surface area contributed by atoms with Gasteiger partial charge in [-0.1, -0.05) is 23.7 Å². The van der Waals surface area contributed by atoms with Gasteiger partial charge in [0.15, 0.2) is 11.6 Å². The average Bonchev–Trinajstić information content (AvgIpc) is 2.34. The molecule has 94 valence electrons. The van der Waals surface area contributed by atoms with Crippen LogP contribution in [-0.2, 0) is 0 Å². The van der Waals surface area contributed by atoms with Gasteiger partial charge in [0.05, 0.1) is 5.38 Å². The molecule has 2 aromatic rings. The van der Waals surface area contributed by atoms with Gasteiger partial charge in [-0.15, -0.1) is 11.6 Å². The third-order valence-corrected chi connectivity index (χ3v) is 3.29. The second kappa shape index (κ2) is 5.21. The zero-order valence-electron chi connectivity index (χ0n) is 8.93. The molecule has 18 heavy (non-hydrogen) atoms. The van der Waals surface area contributed by atoms with Crippen molar-refractivity contribution in [1.82, 2.24) is 0 Å². The molecule has 0 amide bonds. The highest BCUT2D eigenvalue weighted by atomic mass is 35.5. The number of benzene rings is 2. The molecule has 0 saturated heterocycles. The fraction of sp³-hybridized carbons (Fsp3) is 0.0769. The standard InChI is InChI=1S/C13H7Cl2F3/c14-10-6-12(18)11(17)5-9(10)13(15)7-1-3-8(16)4-2-7/h1-6,13H. The van der Waals surface area contributed by atoms with Crippen molar-refractivity contribution in [2.45, 2.75) is 5.38 Å². The molecule has 0 aliphatic carbocycles. The molecule has 2 rings (SSSR count). The molecule has 0 aliphatic rings. The minimum absolute atomic E-state index is 0.0261. The molecule has 1 unspecified atom stereocenters. The summed E-state index contributed by atoms with van der Waals surface area (Å²) in [6.45, 7) is 0. The van der Waals surface area contributed by atoms with Gasteiger partial charge in [-0.25, -0.2) is 13.2 Å². The number of alkyl halides is 1. The molecule has 0 radical (unpaired) electrons. The highest BCUT2D eigenvalue weighted by Crippen LogP contribution is 2.34. The zero-order valence-corrected chi connectivity index (χ0v) is 10.4. The SMILES string of the molecule is Fc1ccc(C(Cl)c2cc(F)c(F)cc2Cl)cc1. The Bertz CT molecular complexity index is 567. The van der Waals surface area contributed by atoms with E-state index in [1.165, 1.54) is 24.3 Å². The van der Waals surface area contributed by atoms with Crippen molar-refractivity contribution in [3.8, 4) is 0 Å². The van der Waals surface area contributed by atoms with Crippen molar-refractivity contribution >= 4 is 23.2 Å². The second-order valence-electron chi connectivity index (χ2n) is 3.70. The summed E-state index contributed by atoms with van der Waals surface area (Å²) in [4.78, 5) is 0. The van der Waals surface area contributed by atoms with E-state index < -0.39 is 22.8 Å². The average molecular weight is 291 g/mol. The lowest BCUT2D eigenvalue weighted by Gasteiger charge is -2.12. The van der Waals surface area contributed by atoms with Gasteiger partial charge in [0.1, 0.15) is 5.82 Å². The highest BCUT2D eigenvalue weighted by molar-refractivity contribution is 6.33. The van der Waals surface area contributed by atoms with Gasteiger partial charge in [-0.05, 0) is 35.4 Å². The maximum Gasteiger partial charge on any atom is 0.160 e. The molecule has 0 heterocycles. The summed E-state index contributed by atoms with van der Waals surface area (Å²) < 4.78 is 38.8. The van der Waals surface area contributed by atoms with Crippen LogP contribution in [0.1, 0.15) is 16.5 Å². The number of rotatable bonds is 2. The van der Waals surface area contributed by atoms with Crippen LogP contribution < -0.4 is 0 Å². The minimum atomic E-state index is -1.04. The zero-order chi connectivity index (χ0) is 13.3. The Hall–Kier alpha value is -1.19. The molecule has 1 atom stereocenters. The number of halogens is 5. The monoisotopic (exact) mass is 290 g/mol. The first-order valence-electron chi connectivity index (χ1n) is 5.03. The number of hydrogen-bond donors (Lipinski definition) is 0. The summed E-state index contributed by atoms with van der Waals surface area (Å²) in [6, 6.07) is 7.20. The van der Waals surface area contributed by atoms with E-state index in [9.17, 15) is 13.2 Å². The maximum atomic E-state index is 13.1. The lowest BCUT2D eigenvalue weighted by atomic mass is 10.0. The van der Waals surface area contributed by atoms with Crippen LogP contribution in [0.15, 0.2) is 36.4 Å². The van der Waals surface area contributed by atoms with Crippen LogP contribution in [0.4, 0.5) is 13.2 Å². The molecule has 0 fully saturated rings. The Balaban J connectivity index is 2.42. The molecular weight excluding hydrogens is 284 g/mol. The van der Waals surface area contributed by atoms with Gasteiger partial charge < -0.3 is 0 Å². The van der Waals surface area contributed by atoms with Crippen molar-refractivity contribution < 1.29 is 13.2 Å². The van der Waals surface area contributed by atoms with Crippen LogP contribution in [-0.4, -0.2) is 0 Å². The van der Waals surface area contributed by atoms with E-state index in [-0.39, 0.29) is 10.6 Å². The van der Waals surface area contributed by atoms with Gasteiger partial charge in [0.2, 0.25) is 0 Å². The maximum absolute atomic E-state index is 13.1. The molecule has 0 saturated carbocycles. The third kappa shape index (κ3) is 2.62. The Kier molecular flexibility index (Phi) is 3.83. The van der Waals surface area contributed by atoms with Crippen LogP contribution in [0.3, 0.4) is 0 Å². The second-order valence-corrected chi connectivity index (χ2v) is 4.55.